The number of nitrogens with one attached hydrogen (secondary N) is 1. The molecule has 0 spiro atoms. The molecular weight excluding hydrogens is 632 g/mol. The Morgan fingerprint density at radius 3 is 2.74 bits per heavy atom. The van der Waals surface area contributed by atoms with Crippen molar-refractivity contribution in [1.82, 2.24) is 19.4 Å². The van der Waals surface area contributed by atoms with E-state index in [0.717, 1.165) is 41.0 Å². The minimum atomic E-state index is 0.634. The van der Waals surface area contributed by atoms with Crippen molar-refractivity contribution in [1.29, 1.82) is 0 Å². The van der Waals surface area contributed by atoms with E-state index in [1.54, 1.807) is 6.20 Å². The number of fused-ring (bicyclic) bond motifs is 1. The maximum atomic E-state index is 4.94. The van der Waals surface area contributed by atoms with Crippen molar-refractivity contribution in [3.8, 4) is 11.3 Å². The third-order valence-electron chi connectivity index (χ3n) is 4.15. The SMILES string of the molecule is Brc1c(-c2ccccc2CI)nc(NCc2cccnc2)c2ncc(I)n12. The molecule has 3 aromatic heterocycles. The summed E-state index contributed by atoms with van der Waals surface area (Å²) in [4.78, 5) is 13.7. The first kappa shape index (κ1) is 19.1. The van der Waals surface area contributed by atoms with Crippen molar-refractivity contribution in [2.24, 2.45) is 0 Å². The number of pyridine rings is 1. The van der Waals surface area contributed by atoms with Crippen LogP contribution in [0.5, 0.6) is 0 Å². The predicted molar refractivity (Wildman–Crippen MR) is 128 cm³/mol. The van der Waals surface area contributed by atoms with E-state index in [9.17, 15) is 0 Å². The number of imidazole rings is 1. The Morgan fingerprint density at radius 1 is 1.11 bits per heavy atom. The van der Waals surface area contributed by atoms with Crippen LogP contribution in [-0.2, 0) is 11.0 Å². The summed E-state index contributed by atoms with van der Waals surface area (Å²) in [5.41, 5.74) is 5.16. The summed E-state index contributed by atoms with van der Waals surface area (Å²) in [6, 6.07) is 12.3. The van der Waals surface area contributed by atoms with Crippen molar-refractivity contribution in [3.63, 3.8) is 0 Å². The predicted octanol–water partition coefficient (Wildman–Crippen LogP) is 5.71. The Bertz CT molecular complexity index is 1100. The molecule has 1 N–H and O–H groups in total. The third-order valence-corrected chi connectivity index (χ3v) is 6.46. The van der Waals surface area contributed by atoms with Crippen LogP contribution in [0.4, 0.5) is 5.82 Å². The maximum absolute atomic E-state index is 4.94. The molecule has 0 saturated carbocycles. The monoisotopic (exact) mass is 645 g/mol. The molecule has 0 fully saturated rings. The van der Waals surface area contributed by atoms with Crippen LogP contribution in [0.3, 0.4) is 0 Å². The number of aromatic nitrogens is 4. The topological polar surface area (TPSA) is 55.1 Å². The molecule has 0 amide bonds. The van der Waals surface area contributed by atoms with Gasteiger partial charge in [-0.1, -0.05) is 52.9 Å². The first-order valence-corrected chi connectivity index (χ1v) is 11.6. The van der Waals surface area contributed by atoms with Gasteiger partial charge in [0.1, 0.15) is 14.0 Å². The number of hydrogen-bond acceptors (Lipinski definition) is 4. The summed E-state index contributed by atoms with van der Waals surface area (Å²) in [6.45, 7) is 0.634. The summed E-state index contributed by atoms with van der Waals surface area (Å²) in [5.74, 6) is 0.753. The lowest BCUT2D eigenvalue weighted by molar-refractivity contribution is 1.03. The molecule has 136 valence electrons. The zero-order valence-corrected chi connectivity index (χ0v) is 19.9. The van der Waals surface area contributed by atoms with E-state index in [-0.39, 0.29) is 0 Å². The smallest absolute Gasteiger partial charge is 0.181 e. The molecule has 0 aliphatic rings. The van der Waals surface area contributed by atoms with Gasteiger partial charge in [0.05, 0.1) is 6.20 Å². The van der Waals surface area contributed by atoms with Gasteiger partial charge in [-0.3, -0.25) is 9.38 Å². The summed E-state index contributed by atoms with van der Waals surface area (Å²) < 4.78 is 4.93. The van der Waals surface area contributed by atoms with Gasteiger partial charge < -0.3 is 5.32 Å². The van der Waals surface area contributed by atoms with E-state index in [2.05, 4.69) is 99.0 Å². The fourth-order valence-electron chi connectivity index (χ4n) is 2.84. The van der Waals surface area contributed by atoms with E-state index in [4.69, 9.17) is 4.98 Å². The summed E-state index contributed by atoms with van der Waals surface area (Å²) >= 11 is 8.44. The second-order valence-corrected chi connectivity index (χ2v) is 8.46. The van der Waals surface area contributed by atoms with Gasteiger partial charge in [-0.2, -0.15) is 0 Å². The maximum Gasteiger partial charge on any atom is 0.181 e. The van der Waals surface area contributed by atoms with Gasteiger partial charge in [0, 0.05) is 28.9 Å². The standard InChI is InChI=1S/C19H14BrI2N5/c20-17-16(14-6-2-1-5-13(14)8-21)26-18(19-25-11-15(22)27(17)19)24-10-12-4-3-7-23-9-12/h1-7,9,11H,8,10H2,(H,24,26). The van der Waals surface area contributed by atoms with Gasteiger partial charge in [0.25, 0.3) is 0 Å². The average Bonchev–Trinajstić information content (AvgIpc) is 3.10. The summed E-state index contributed by atoms with van der Waals surface area (Å²) in [7, 11) is 0. The van der Waals surface area contributed by atoms with E-state index >= 15 is 0 Å². The Morgan fingerprint density at radius 2 is 1.96 bits per heavy atom. The van der Waals surface area contributed by atoms with Crippen LogP contribution in [0.2, 0.25) is 0 Å². The Labute approximate surface area is 192 Å². The fraction of sp³-hybridized carbons (Fsp3) is 0.105. The quantitative estimate of drug-likeness (QED) is 0.223. The van der Waals surface area contributed by atoms with Crippen LogP contribution in [0, 0.1) is 3.70 Å². The van der Waals surface area contributed by atoms with Crippen LogP contribution in [0.1, 0.15) is 11.1 Å². The molecule has 0 atom stereocenters. The number of benzene rings is 1. The van der Waals surface area contributed by atoms with E-state index < -0.39 is 0 Å². The highest BCUT2D eigenvalue weighted by atomic mass is 127. The van der Waals surface area contributed by atoms with Gasteiger partial charge in [-0.15, -0.1) is 0 Å². The van der Waals surface area contributed by atoms with Gasteiger partial charge in [-0.05, 0) is 55.7 Å². The van der Waals surface area contributed by atoms with Crippen molar-refractivity contribution in [2.45, 2.75) is 11.0 Å². The molecule has 0 saturated heterocycles. The number of nitrogens with zero attached hydrogens (tertiary/aromatic N) is 4. The lowest BCUT2D eigenvalue weighted by atomic mass is 10.1. The number of anilines is 1. The van der Waals surface area contributed by atoms with Crippen LogP contribution in [0.15, 0.2) is 59.6 Å². The molecule has 0 bridgehead atoms. The molecule has 4 rings (SSSR count). The minimum absolute atomic E-state index is 0.634. The first-order valence-electron chi connectivity index (χ1n) is 8.18. The Kier molecular flexibility index (Phi) is 5.93. The van der Waals surface area contributed by atoms with Crippen molar-refractivity contribution >= 4 is 72.6 Å². The molecule has 5 nitrogen and oxygen atoms in total. The Balaban J connectivity index is 1.85. The molecule has 0 unspecified atom stereocenters. The molecule has 3 heterocycles. The molecule has 0 aliphatic heterocycles. The van der Waals surface area contributed by atoms with Crippen LogP contribution in [0.25, 0.3) is 16.9 Å². The van der Waals surface area contributed by atoms with Crippen molar-refractivity contribution in [2.75, 3.05) is 5.32 Å². The normalized spacial score (nSPS) is 11.1. The zero-order valence-electron chi connectivity index (χ0n) is 14.0. The molecule has 8 heteroatoms. The summed E-state index contributed by atoms with van der Waals surface area (Å²) in [5, 5.41) is 3.43. The first-order chi connectivity index (χ1) is 13.2. The average molecular weight is 646 g/mol. The fourth-order valence-corrected chi connectivity index (χ4v) is 5.11. The molecule has 0 aliphatic carbocycles. The lowest BCUT2D eigenvalue weighted by Crippen LogP contribution is -2.07. The third kappa shape index (κ3) is 3.83. The second kappa shape index (κ2) is 8.39. The number of alkyl halides is 1. The Hall–Kier alpha value is -1.27. The lowest BCUT2D eigenvalue weighted by Gasteiger charge is -2.14. The van der Waals surface area contributed by atoms with Crippen molar-refractivity contribution < 1.29 is 0 Å². The summed E-state index contributed by atoms with van der Waals surface area (Å²) in [6.07, 6.45) is 5.48. The van der Waals surface area contributed by atoms with E-state index in [0.29, 0.717) is 6.54 Å². The minimum Gasteiger partial charge on any atom is -0.363 e. The largest absolute Gasteiger partial charge is 0.363 e. The molecule has 4 aromatic rings. The van der Waals surface area contributed by atoms with Crippen LogP contribution in [-0.4, -0.2) is 19.4 Å². The second-order valence-electron chi connectivity index (χ2n) is 5.85. The zero-order chi connectivity index (χ0) is 18.8. The molecular formula is C19H14BrI2N5. The van der Waals surface area contributed by atoms with Crippen molar-refractivity contribution in [3.05, 3.63) is 74.4 Å². The molecule has 0 radical (unpaired) electrons. The number of rotatable bonds is 5. The van der Waals surface area contributed by atoms with Gasteiger partial charge in [0.2, 0.25) is 0 Å². The molecule has 27 heavy (non-hydrogen) atoms. The van der Waals surface area contributed by atoms with Crippen LogP contribution < -0.4 is 5.32 Å². The van der Waals surface area contributed by atoms with Gasteiger partial charge in [0.15, 0.2) is 11.5 Å². The van der Waals surface area contributed by atoms with E-state index in [1.165, 1.54) is 5.56 Å². The van der Waals surface area contributed by atoms with Crippen LogP contribution >= 0.6 is 61.1 Å². The highest BCUT2D eigenvalue weighted by Gasteiger charge is 2.18. The van der Waals surface area contributed by atoms with Gasteiger partial charge >= 0.3 is 0 Å². The highest BCUT2D eigenvalue weighted by molar-refractivity contribution is 14.1. The highest BCUT2D eigenvalue weighted by Crippen LogP contribution is 2.34. The number of hydrogen-bond donors (Lipinski definition) is 1. The molecule has 1 aromatic carbocycles. The van der Waals surface area contributed by atoms with Gasteiger partial charge in [-0.25, -0.2) is 9.97 Å². The van der Waals surface area contributed by atoms with E-state index in [1.807, 2.05) is 30.6 Å². The number of halogens is 3.